The fourth-order valence-electron chi connectivity index (χ4n) is 1.79. The summed E-state index contributed by atoms with van der Waals surface area (Å²) in [6.45, 7) is 0.577. The van der Waals surface area contributed by atoms with Crippen LogP contribution in [0, 0.1) is 0 Å². The first-order valence-electron chi connectivity index (χ1n) is 4.69. The lowest BCUT2D eigenvalue weighted by molar-refractivity contribution is -0.108. The average Bonchev–Trinajstić information content (AvgIpc) is 2.30. The summed E-state index contributed by atoms with van der Waals surface area (Å²) in [6, 6.07) is -0.0856. The maximum Gasteiger partial charge on any atom is 0.407 e. The number of nitrogens with zero attached hydrogens (tertiary/aromatic N) is 1. The molecule has 0 radical (unpaired) electrons. The van der Waals surface area contributed by atoms with E-state index < -0.39 is 6.09 Å². The van der Waals surface area contributed by atoms with Gasteiger partial charge in [0.05, 0.1) is 0 Å². The van der Waals surface area contributed by atoms with Crippen molar-refractivity contribution in [2.24, 2.45) is 0 Å². The predicted molar refractivity (Wildman–Crippen MR) is 47.7 cm³/mol. The number of hydrogen-bond acceptors (Lipinski definition) is 2. The van der Waals surface area contributed by atoms with Crippen LogP contribution in [0.4, 0.5) is 4.79 Å². The third-order valence-electron chi connectivity index (χ3n) is 2.49. The molecule has 1 N–H and O–H groups in total. The second-order valence-electron chi connectivity index (χ2n) is 3.38. The van der Waals surface area contributed by atoms with Crippen LogP contribution < -0.4 is 0 Å². The summed E-state index contributed by atoms with van der Waals surface area (Å²) >= 11 is 0. The Labute approximate surface area is 77.5 Å². The Morgan fingerprint density at radius 1 is 1.46 bits per heavy atom. The first-order chi connectivity index (χ1) is 6.25. The van der Waals surface area contributed by atoms with Crippen LogP contribution in [0.25, 0.3) is 0 Å². The van der Waals surface area contributed by atoms with Gasteiger partial charge in [-0.3, -0.25) is 0 Å². The molecule has 1 fully saturated rings. The Morgan fingerprint density at radius 2 is 2.23 bits per heavy atom. The van der Waals surface area contributed by atoms with E-state index in [0.29, 0.717) is 13.0 Å². The summed E-state index contributed by atoms with van der Waals surface area (Å²) < 4.78 is 0. The molecule has 0 aromatic carbocycles. The van der Waals surface area contributed by atoms with Crippen LogP contribution in [0.5, 0.6) is 0 Å². The van der Waals surface area contributed by atoms with E-state index in [1.807, 2.05) is 0 Å². The number of amides is 1. The van der Waals surface area contributed by atoms with Crippen LogP contribution >= 0.6 is 0 Å². The third kappa shape index (κ3) is 2.72. The molecule has 0 unspecified atom stereocenters. The topological polar surface area (TPSA) is 57.6 Å². The van der Waals surface area contributed by atoms with Crippen molar-refractivity contribution < 1.29 is 14.7 Å². The van der Waals surface area contributed by atoms with E-state index in [2.05, 4.69) is 0 Å². The molecule has 1 aliphatic rings. The number of hydrogen-bond donors (Lipinski definition) is 1. The summed E-state index contributed by atoms with van der Waals surface area (Å²) in [5.41, 5.74) is 0. The lowest BCUT2D eigenvalue weighted by atomic mass is 10.1. The monoisotopic (exact) mass is 185 g/mol. The smallest absolute Gasteiger partial charge is 0.407 e. The van der Waals surface area contributed by atoms with Crippen LogP contribution in [-0.4, -0.2) is 35.0 Å². The maximum absolute atomic E-state index is 10.8. The van der Waals surface area contributed by atoms with Crippen molar-refractivity contribution in [1.29, 1.82) is 0 Å². The van der Waals surface area contributed by atoms with Crippen molar-refractivity contribution in [2.75, 3.05) is 6.54 Å². The van der Waals surface area contributed by atoms with Gasteiger partial charge in [-0.25, -0.2) is 4.79 Å². The molecule has 1 amide bonds. The van der Waals surface area contributed by atoms with Gasteiger partial charge >= 0.3 is 6.09 Å². The van der Waals surface area contributed by atoms with Crippen LogP contribution in [0.3, 0.4) is 0 Å². The highest BCUT2D eigenvalue weighted by molar-refractivity contribution is 5.66. The molecule has 0 aromatic heterocycles. The third-order valence-corrected chi connectivity index (χ3v) is 2.49. The maximum atomic E-state index is 10.8. The molecule has 4 heteroatoms. The van der Waals surface area contributed by atoms with E-state index in [9.17, 15) is 9.59 Å². The van der Waals surface area contributed by atoms with E-state index in [4.69, 9.17) is 5.11 Å². The highest BCUT2D eigenvalue weighted by atomic mass is 16.4. The van der Waals surface area contributed by atoms with Crippen LogP contribution in [0.2, 0.25) is 0 Å². The number of aldehydes is 1. The van der Waals surface area contributed by atoms with Gasteiger partial charge in [-0.1, -0.05) is 12.8 Å². The number of carboxylic acid groups (broad SMARTS) is 1. The Balaban J connectivity index is 2.60. The van der Waals surface area contributed by atoms with Gasteiger partial charge < -0.3 is 14.8 Å². The van der Waals surface area contributed by atoms with Gasteiger partial charge in [0.1, 0.15) is 6.29 Å². The summed E-state index contributed by atoms with van der Waals surface area (Å²) in [7, 11) is 0. The molecular formula is C9H15NO3. The Bertz CT molecular complexity index is 193. The van der Waals surface area contributed by atoms with Crippen LogP contribution in [-0.2, 0) is 4.79 Å². The average molecular weight is 185 g/mol. The van der Waals surface area contributed by atoms with Gasteiger partial charge in [0, 0.05) is 19.0 Å². The Morgan fingerprint density at radius 3 is 2.85 bits per heavy atom. The molecule has 1 heterocycles. The van der Waals surface area contributed by atoms with Crippen molar-refractivity contribution >= 4 is 12.4 Å². The molecule has 4 nitrogen and oxygen atoms in total. The van der Waals surface area contributed by atoms with E-state index in [1.165, 1.54) is 4.90 Å². The standard InChI is InChI=1S/C9H15NO3/c11-7-5-8-4-2-1-3-6-10(8)9(12)13/h7-8H,1-6H2,(H,12,13)/t8-/m0/s1. The molecule has 0 saturated carbocycles. The van der Waals surface area contributed by atoms with Crippen molar-refractivity contribution in [3.63, 3.8) is 0 Å². The van der Waals surface area contributed by atoms with Gasteiger partial charge in [-0.2, -0.15) is 0 Å². The zero-order chi connectivity index (χ0) is 9.68. The molecular weight excluding hydrogens is 170 g/mol. The summed E-state index contributed by atoms with van der Waals surface area (Å²) in [5.74, 6) is 0. The van der Waals surface area contributed by atoms with E-state index in [-0.39, 0.29) is 6.04 Å². The number of likely N-dealkylation sites (tertiary alicyclic amines) is 1. The molecule has 1 rings (SSSR count). The van der Waals surface area contributed by atoms with E-state index >= 15 is 0 Å². The van der Waals surface area contributed by atoms with Gasteiger partial charge in [0.25, 0.3) is 0 Å². The zero-order valence-corrected chi connectivity index (χ0v) is 7.61. The summed E-state index contributed by atoms with van der Waals surface area (Å²) in [4.78, 5) is 22.5. The second-order valence-corrected chi connectivity index (χ2v) is 3.38. The summed E-state index contributed by atoms with van der Waals surface area (Å²) in [6.07, 6.45) is 4.10. The number of carbonyl (C=O) groups excluding carboxylic acids is 1. The quantitative estimate of drug-likeness (QED) is 0.663. The first-order valence-corrected chi connectivity index (χ1v) is 4.69. The number of rotatable bonds is 2. The van der Waals surface area contributed by atoms with E-state index in [0.717, 1.165) is 32.0 Å². The molecule has 74 valence electrons. The molecule has 13 heavy (non-hydrogen) atoms. The predicted octanol–water partition coefficient (Wildman–Crippen LogP) is 1.50. The highest BCUT2D eigenvalue weighted by Gasteiger charge is 2.24. The van der Waals surface area contributed by atoms with Gasteiger partial charge in [-0.15, -0.1) is 0 Å². The fraction of sp³-hybridized carbons (Fsp3) is 0.778. The molecule has 1 saturated heterocycles. The molecule has 1 atom stereocenters. The van der Waals surface area contributed by atoms with Gasteiger partial charge in [0.15, 0.2) is 0 Å². The van der Waals surface area contributed by atoms with Gasteiger partial charge in [0.2, 0.25) is 0 Å². The van der Waals surface area contributed by atoms with Crippen molar-refractivity contribution in [1.82, 2.24) is 4.90 Å². The lowest BCUT2D eigenvalue weighted by Crippen LogP contribution is -2.39. The van der Waals surface area contributed by atoms with Crippen molar-refractivity contribution in [2.45, 2.75) is 38.1 Å². The molecule has 0 spiro atoms. The second kappa shape index (κ2) is 4.84. The zero-order valence-electron chi connectivity index (χ0n) is 7.61. The Kier molecular flexibility index (Phi) is 3.73. The molecule has 0 aliphatic carbocycles. The normalized spacial score (nSPS) is 23.7. The Hall–Kier alpha value is -1.06. The first kappa shape index (κ1) is 10.0. The minimum Gasteiger partial charge on any atom is -0.465 e. The fourth-order valence-corrected chi connectivity index (χ4v) is 1.79. The molecule has 0 aromatic rings. The van der Waals surface area contributed by atoms with E-state index in [1.54, 1.807) is 0 Å². The van der Waals surface area contributed by atoms with Crippen molar-refractivity contribution in [3.8, 4) is 0 Å². The van der Waals surface area contributed by atoms with Gasteiger partial charge in [-0.05, 0) is 12.8 Å². The van der Waals surface area contributed by atoms with Crippen molar-refractivity contribution in [3.05, 3.63) is 0 Å². The summed E-state index contributed by atoms with van der Waals surface area (Å²) in [5, 5.41) is 8.87. The largest absolute Gasteiger partial charge is 0.465 e. The van der Waals surface area contributed by atoms with Crippen LogP contribution in [0.15, 0.2) is 0 Å². The van der Waals surface area contributed by atoms with Crippen LogP contribution in [0.1, 0.15) is 32.1 Å². The highest BCUT2D eigenvalue weighted by Crippen LogP contribution is 2.18. The SMILES string of the molecule is O=CC[C@@H]1CCCCCN1C(=O)O. The minimum atomic E-state index is -0.895. The number of carbonyl (C=O) groups is 2. The molecule has 0 bridgehead atoms. The lowest BCUT2D eigenvalue weighted by Gasteiger charge is -2.25. The molecule has 1 aliphatic heterocycles. The minimum absolute atomic E-state index is 0.0856.